The van der Waals surface area contributed by atoms with Gasteiger partial charge < -0.3 is 15.4 Å². The van der Waals surface area contributed by atoms with E-state index in [4.69, 9.17) is 5.11 Å². The second kappa shape index (κ2) is 7.22. The summed E-state index contributed by atoms with van der Waals surface area (Å²) in [4.78, 5) is 18.7. The van der Waals surface area contributed by atoms with Crippen LogP contribution in [-0.2, 0) is 6.54 Å². The molecule has 1 amide bonds. The molecule has 0 aliphatic heterocycles. The summed E-state index contributed by atoms with van der Waals surface area (Å²) < 4.78 is 13.9. The number of hydrogen-bond acceptors (Lipinski definition) is 3. The normalized spacial score (nSPS) is 9.81. The molecule has 21 heavy (non-hydrogen) atoms. The van der Waals surface area contributed by atoms with Crippen molar-refractivity contribution in [1.29, 1.82) is 0 Å². The van der Waals surface area contributed by atoms with Gasteiger partial charge in [0.1, 0.15) is 11.6 Å². The number of H-pyrrole nitrogens is 1. The van der Waals surface area contributed by atoms with Crippen LogP contribution in [0, 0.1) is 17.7 Å². The van der Waals surface area contributed by atoms with E-state index in [1.54, 1.807) is 18.5 Å². The van der Waals surface area contributed by atoms with Crippen LogP contribution >= 0.6 is 0 Å². The molecule has 1 aromatic carbocycles. The van der Waals surface area contributed by atoms with Crippen molar-refractivity contribution in [2.24, 2.45) is 0 Å². The predicted octanol–water partition coefficient (Wildman–Crippen LogP) is 1.21. The monoisotopic (exact) mass is 287 g/mol. The van der Waals surface area contributed by atoms with Gasteiger partial charge in [-0.2, -0.15) is 0 Å². The van der Waals surface area contributed by atoms with E-state index in [9.17, 15) is 9.18 Å². The lowest BCUT2D eigenvalue weighted by molar-refractivity contribution is 0.0946. The number of nitrogens with one attached hydrogen (secondary N) is 2. The number of halogens is 1. The first kappa shape index (κ1) is 14.8. The van der Waals surface area contributed by atoms with Crippen molar-refractivity contribution in [3.8, 4) is 11.8 Å². The van der Waals surface area contributed by atoms with Gasteiger partial charge in [-0.15, -0.1) is 0 Å². The SMILES string of the molecule is O=C(NCc1ncc[nH]1)c1ccc(C#CCCO)cc1F. The molecule has 2 rings (SSSR count). The topological polar surface area (TPSA) is 78.0 Å². The standard InChI is InChI=1S/C15H14FN3O2/c16-13-9-11(3-1-2-8-20)4-5-12(13)15(21)19-10-14-17-6-7-18-14/h4-7,9,20H,2,8,10H2,(H,17,18)(H,19,21). The van der Waals surface area contributed by atoms with Crippen LogP contribution in [0.15, 0.2) is 30.6 Å². The molecule has 0 bridgehead atoms. The van der Waals surface area contributed by atoms with Crippen molar-refractivity contribution in [1.82, 2.24) is 15.3 Å². The highest BCUT2D eigenvalue weighted by Crippen LogP contribution is 2.10. The van der Waals surface area contributed by atoms with Crippen LogP contribution in [0.5, 0.6) is 0 Å². The average Bonchev–Trinajstić information content (AvgIpc) is 2.98. The number of benzene rings is 1. The second-order valence-electron chi connectivity index (χ2n) is 4.19. The molecule has 108 valence electrons. The fourth-order valence-electron chi connectivity index (χ4n) is 1.65. The number of hydrogen-bond donors (Lipinski definition) is 3. The molecule has 3 N–H and O–H groups in total. The van der Waals surface area contributed by atoms with Crippen molar-refractivity contribution in [2.45, 2.75) is 13.0 Å². The minimum absolute atomic E-state index is 0.0389. The highest BCUT2D eigenvalue weighted by molar-refractivity contribution is 5.94. The van der Waals surface area contributed by atoms with Crippen LogP contribution in [0.25, 0.3) is 0 Å². The molecule has 2 aromatic rings. The molecule has 0 aliphatic carbocycles. The zero-order valence-corrected chi connectivity index (χ0v) is 11.2. The highest BCUT2D eigenvalue weighted by atomic mass is 19.1. The van der Waals surface area contributed by atoms with E-state index >= 15 is 0 Å². The molecule has 6 heteroatoms. The zero-order chi connectivity index (χ0) is 15.1. The lowest BCUT2D eigenvalue weighted by Crippen LogP contribution is -2.24. The Kier molecular flexibility index (Phi) is 5.07. The number of imidazole rings is 1. The minimum Gasteiger partial charge on any atom is -0.395 e. The molecule has 0 aliphatic rings. The molecule has 0 saturated carbocycles. The Morgan fingerprint density at radius 1 is 1.48 bits per heavy atom. The van der Waals surface area contributed by atoms with Crippen LogP contribution in [0.4, 0.5) is 4.39 Å². The van der Waals surface area contributed by atoms with Gasteiger partial charge in [-0.05, 0) is 18.2 Å². The summed E-state index contributed by atoms with van der Waals surface area (Å²) in [5, 5.41) is 11.2. The van der Waals surface area contributed by atoms with Crippen molar-refractivity contribution >= 4 is 5.91 Å². The van der Waals surface area contributed by atoms with Gasteiger partial charge in [-0.3, -0.25) is 4.79 Å². The van der Waals surface area contributed by atoms with Crippen LogP contribution in [0.3, 0.4) is 0 Å². The van der Waals surface area contributed by atoms with Gasteiger partial charge in [-0.25, -0.2) is 9.37 Å². The number of carbonyl (C=O) groups excluding carboxylic acids is 1. The summed E-state index contributed by atoms with van der Waals surface area (Å²) in [6.07, 6.45) is 3.54. The van der Waals surface area contributed by atoms with Crippen molar-refractivity contribution < 1.29 is 14.3 Å². The third-order valence-electron chi connectivity index (χ3n) is 2.65. The Morgan fingerprint density at radius 2 is 2.33 bits per heavy atom. The van der Waals surface area contributed by atoms with Gasteiger partial charge >= 0.3 is 0 Å². The average molecular weight is 287 g/mol. The molecule has 0 radical (unpaired) electrons. The lowest BCUT2D eigenvalue weighted by Gasteiger charge is -2.05. The van der Waals surface area contributed by atoms with Gasteiger partial charge in [0.05, 0.1) is 18.7 Å². The Bertz CT molecular complexity index is 672. The molecular weight excluding hydrogens is 273 g/mol. The number of aliphatic hydroxyl groups is 1. The van der Waals surface area contributed by atoms with Crippen molar-refractivity contribution in [2.75, 3.05) is 6.61 Å². The highest BCUT2D eigenvalue weighted by Gasteiger charge is 2.11. The van der Waals surface area contributed by atoms with Crippen LogP contribution in [0.1, 0.15) is 28.2 Å². The third-order valence-corrected chi connectivity index (χ3v) is 2.65. The van der Waals surface area contributed by atoms with Crippen LogP contribution in [-0.4, -0.2) is 27.6 Å². The van der Waals surface area contributed by atoms with E-state index in [-0.39, 0.29) is 18.7 Å². The van der Waals surface area contributed by atoms with E-state index in [1.807, 2.05) is 0 Å². The summed E-state index contributed by atoms with van der Waals surface area (Å²) in [5.74, 6) is 4.84. The van der Waals surface area contributed by atoms with Crippen molar-refractivity contribution in [3.05, 3.63) is 53.4 Å². The summed E-state index contributed by atoms with van der Waals surface area (Å²) in [6, 6.07) is 4.15. The Balaban J connectivity index is 2.03. The maximum Gasteiger partial charge on any atom is 0.254 e. The molecule has 0 fully saturated rings. The lowest BCUT2D eigenvalue weighted by atomic mass is 10.1. The number of rotatable bonds is 4. The Hall–Kier alpha value is -2.65. The molecule has 0 spiro atoms. The summed E-state index contributed by atoms with van der Waals surface area (Å²) in [7, 11) is 0. The Labute approximate surface area is 121 Å². The van der Waals surface area contributed by atoms with E-state index in [0.29, 0.717) is 17.8 Å². The van der Waals surface area contributed by atoms with Crippen LogP contribution < -0.4 is 5.32 Å². The third kappa shape index (κ3) is 4.16. The summed E-state index contributed by atoms with van der Waals surface area (Å²) >= 11 is 0. The molecule has 0 unspecified atom stereocenters. The van der Waals surface area contributed by atoms with Gasteiger partial charge in [0.2, 0.25) is 0 Å². The largest absolute Gasteiger partial charge is 0.395 e. The zero-order valence-electron chi connectivity index (χ0n) is 11.2. The van der Waals surface area contributed by atoms with Crippen molar-refractivity contribution in [3.63, 3.8) is 0 Å². The number of nitrogens with zero attached hydrogens (tertiary/aromatic N) is 1. The van der Waals surface area contributed by atoms with Gasteiger partial charge in [-0.1, -0.05) is 11.8 Å². The summed E-state index contributed by atoms with van der Waals surface area (Å²) in [6.45, 7) is 0.159. The number of carbonyl (C=O) groups is 1. The van der Waals surface area contributed by atoms with Gasteiger partial charge in [0.25, 0.3) is 5.91 Å². The minimum atomic E-state index is -0.636. The maximum absolute atomic E-state index is 13.9. The Morgan fingerprint density at radius 3 is 3.00 bits per heavy atom. The maximum atomic E-state index is 13.9. The number of aromatic nitrogens is 2. The summed E-state index contributed by atoms with van der Waals surface area (Å²) in [5.41, 5.74) is 0.415. The molecule has 1 aromatic heterocycles. The molecule has 0 atom stereocenters. The smallest absolute Gasteiger partial charge is 0.254 e. The van der Waals surface area contributed by atoms with Crippen LogP contribution in [0.2, 0.25) is 0 Å². The van der Waals surface area contributed by atoms with E-state index < -0.39 is 11.7 Å². The van der Waals surface area contributed by atoms with E-state index in [2.05, 4.69) is 27.1 Å². The fourth-order valence-corrected chi connectivity index (χ4v) is 1.65. The molecule has 0 saturated heterocycles. The molecule has 1 heterocycles. The first-order valence-corrected chi connectivity index (χ1v) is 6.36. The fraction of sp³-hybridized carbons (Fsp3) is 0.200. The first-order valence-electron chi connectivity index (χ1n) is 6.36. The molecule has 5 nitrogen and oxygen atoms in total. The predicted molar refractivity (Wildman–Crippen MR) is 74.7 cm³/mol. The van der Waals surface area contributed by atoms with E-state index in [1.165, 1.54) is 12.1 Å². The quantitative estimate of drug-likeness (QED) is 0.740. The number of aromatic amines is 1. The van der Waals surface area contributed by atoms with Gasteiger partial charge in [0, 0.05) is 24.4 Å². The number of amides is 1. The van der Waals surface area contributed by atoms with Gasteiger partial charge in [0.15, 0.2) is 0 Å². The number of aliphatic hydroxyl groups excluding tert-OH is 1. The van der Waals surface area contributed by atoms with E-state index in [0.717, 1.165) is 0 Å². The second-order valence-corrected chi connectivity index (χ2v) is 4.19. The molecular formula is C15H14FN3O2. The first-order chi connectivity index (χ1) is 10.2.